The predicted molar refractivity (Wildman–Crippen MR) is 93.4 cm³/mol. The zero-order valence-corrected chi connectivity index (χ0v) is 14.1. The average molecular weight is 344 g/mol. The highest BCUT2D eigenvalue weighted by Gasteiger charge is 2.50. The maximum absolute atomic E-state index is 12.8. The highest BCUT2D eigenvalue weighted by molar-refractivity contribution is 6.31. The van der Waals surface area contributed by atoms with Crippen LogP contribution >= 0.6 is 11.6 Å². The second-order valence-electron chi connectivity index (χ2n) is 5.94. The van der Waals surface area contributed by atoms with Crippen molar-refractivity contribution in [2.24, 2.45) is 0 Å². The van der Waals surface area contributed by atoms with E-state index in [9.17, 15) is 14.7 Å². The van der Waals surface area contributed by atoms with E-state index in [4.69, 9.17) is 11.6 Å². The molecule has 4 nitrogen and oxygen atoms in total. The molecule has 5 heteroatoms. The van der Waals surface area contributed by atoms with E-state index in [0.29, 0.717) is 28.4 Å². The summed E-state index contributed by atoms with van der Waals surface area (Å²) in [5, 5.41) is 11.5. The molecule has 1 atom stereocenters. The molecule has 0 fully saturated rings. The summed E-state index contributed by atoms with van der Waals surface area (Å²) in [7, 11) is 0. The molecule has 0 aliphatic carbocycles. The third-order valence-electron chi connectivity index (χ3n) is 4.25. The maximum Gasteiger partial charge on any atom is 0.264 e. The lowest BCUT2D eigenvalue weighted by molar-refractivity contribution is -0.135. The SMILES string of the molecule is CCCN1C(=O)[C@@](O)(CC(=O)c2ccccc2)c2cc(Cl)ccc21. The van der Waals surface area contributed by atoms with Crippen molar-refractivity contribution in [2.75, 3.05) is 11.4 Å². The predicted octanol–water partition coefficient (Wildman–Crippen LogP) is 3.56. The van der Waals surface area contributed by atoms with Gasteiger partial charge in [-0.05, 0) is 24.6 Å². The Labute approximate surface area is 145 Å². The molecule has 1 aliphatic heterocycles. The van der Waals surface area contributed by atoms with Crippen molar-refractivity contribution in [1.82, 2.24) is 0 Å². The van der Waals surface area contributed by atoms with Crippen molar-refractivity contribution in [1.29, 1.82) is 0 Å². The Bertz CT molecular complexity index is 790. The van der Waals surface area contributed by atoms with Gasteiger partial charge < -0.3 is 10.0 Å². The second kappa shape index (κ2) is 6.38. The first-order valence-corrected chi connectivity index (χ1v) is 8.28. The molecule has 124 valence electrons. The van der Waals surface area contributed by atoms with Crippen LogP contribution in [0.3, 0.4) is 0 Å². The number of Topliss-reactive ketones (excluding diaryl/α,β-unsaturated/α-hetero) is 1. The summed E-state index contributed by atoms with van der Waals surface area (Å²) in [6.07, 6.45) is 0.444. The summed E-state index contributed by atoms with van der Waals surface area (Å²) in [5.41, 5.74) is -0.383. The Hall–Kier alpha value is -2.17. The number of amides is 1. The molecule has 0 unspecified atom stereocenters. The molecular weight excluding hydrogens is 326 g/mol. The van der Waals surface area contributed by atoms with Crippen LogP contribution in [0.1, 0.15) is 35.7 Å². The molecule has 0 aromatic heterocycles. The van der Waals surface area contributed by atoms with Gasteiger partial charge in [0.2, 0.25) is 0 Å². The number of carbonyl (C=O) groups is 2. The van der Waals surface area contributed by atoms with Gasteiger partial charge in [-0.2, -0.15) is 0 Å². The molecule has 1 heterocycles. The monoisotopic (exact) mass is 343 g/mol. The molecule has 1 aliphatic rings. The molecule has 0 spiro atoms. The molecule has 1 amide bonds. The average Bonchev–Trinajstić information content (AvgIpc) is 2.78. The van der Waals surface area contributed by atoms with Gasteiger partial charge in [0.05, 0.1) is 12.1 Å². The fourth-order valence-electron chi connectivity index (χ4n) is 3.10. The maximum atomic E-state index is 12.8. The summed E-state index contributed by atoms with van der Waals surface area (Å²) in [6.45, 7) is 2.44. The first-order chi connectivity index (χ1) is 11.5. The molecule has 3 rings (SSSR count). The number of halogens is 1. The summed E-state index contributed by atoms with van der Waals surface area (Å²) in [6, 6.07) is 13.6. The normalized spacial score (nSPS) is 19.5. The second-order valence-corrected chi connectivity index (χ2v) is 6.38. The molecular formula is C19H18ClNO3. The number of hydrogen-bond acceptors (Lipinski definition) is 3. The van der Waals surface area contributed by atoms with Gasteiger partial charge in [0.15, 0.2) is 11.4 Å². The van der Waals surface area contributed by atoms with Gasteiger partial charge in [0.25, 0.3) is 5.91 Å². The number of carbonyl (C=O) groups excluding carboxylic acids is 2. The number of nitrogens with zero attached hydrogens (tertiary/aromatic N) is 1. The van der Waals surface area contributed by atoms with E-state index >= 15 is 0 Å². The Balaban J connectivity index is 2.01. The number of anilines is 1. The van der Waals surface area contributed by atoms with Crippen LogP contribution in [-0.4, -0.2) is 23.3 Å². The lowest BCUT2D eigenvalue weighted by Crippen LogP contribution is -2.42. The van der Waals surface area contributed by atoms with Gasteiger partial charge in [-0.3, -0.25) is 9.59 Å². The first-order valence-electron chi connectivity index (χ1n) is 7.90. The first kappa shape index (κ1) is 16.7. The molecule has 0 bridgehead atoms. The lowest BCUT2D eigenvalue weighted by atomic mass is 9.88. The standard InChI is InChI=1S/C19H18ClNO3/c1-2-10-21-16-9-8-14(20)11-15(16)19(24,18(21)23)12-17(22)13-6-4-3-5-7-13/h3-9,11,24H,2,10,12H2,1H3/t19-/m1/s1. The number of aliphatic hydroxyl groups is 1. The van der Waals surface area contributed by atoms with Crippen LogP contribution in [0.4, 0.5) is 5.69 Å². The number of fused-ring (bicyclic) bond motifs is 1. The minimum Gasteiger partial charge on any atom is -0.375 e. The molecule has 2 aromatic rings. The molecule has 0 saturated carbocycles. The van der Waals surface area contributed by atoms with Crippen molar-refractivity contribution >= 4 is 29.0 Å². The number of hydrogen-bond donors (Lipinski definition) is 1. The van der Waals surface area contributed by atoms with E-state index in [1.54, 1.807) is 42.5 Å². The van der Waals surface area contributed by atoms with Crippen LogP contribution in [-0.2, 0) is 10.4 Å². The minimum atomic E-state index is -1.87. The quantitative estimate of drug-likeness (QED) is 0.844. The van der Waals surface area contributed by atoms with E-state index in [-0.39, 0.29) is 12.2 Å². The zero-order valence-electron chi connectivity index (χ0n) is 13.3. The summed E-state index contributed by atoms with van der Waals surface area (Å²) in [5.74, 6) is -0.748. The van der Waals surface area contributed by atoms with E-state index in [1.807, 2.05) is 13.0 Å². The van der Waals surface area contributed by atoms with E-state index in [1.165, 1.54) is 4.90 Å². The van der Waals surface area contributed by atoms with Gasteiger partial charge in [-0.25, -0.2) is 0 Å². The summed E-state index contributed by atoms with van der Waals surface area (Å²) >= 11 is 6.05. The van der Waals surface area contributed by atoms with Gasteiger partial charge >= 0.3 is 0 Å². The molecule has 2 aromatic carbocycles. The molecule has 0 saturated heterocycles. The van der Waals surface area contributed by atoms with Crippen molar-refractivity contribution in [2.45, 2.75) is 25.4 Å². The van der Waals surface area contributed by atoms with Crippen LogP contribution in [0, 0.1) is 0 Å². The smallest absolute Gasteiger partial charge is 0.264 e. The number of ketones is 1. The Kier molecular flexibility index (Phi) is 4.43. The molecule has 24 heavy (non-hydrogen) atoms. The van der Waals surface area contributed by atoms with Gasteiger partial charge in [0.1, 0.15) is 0 Å². The Morgan fingerprint density at radius 2 is 1.92 bits per heavy atom. The van der Waals surface area contributed by atoms with Gasteiger partial charge in [-0.15, -0.1) is 0 Å². The van der Waals surface area contributed by atoms with Crippen LogP contribution in [0.5, 0.6) is 0 Å². The zero-order chi connectivity index (χ0) is 17.3. The summed E-state index contributed by atoms with van der Waals surface area (Å²) < 4.78 is 0. The minimum absolute atomic E-state index is 0.282. The van der Waals surface area contributed by atoms with Crippen LogP contribution in [0.25, 0.3) is 0 Å². The van der Waals surface area contributed by atoms with Crippen molar-refractivity contribution < 1.29 is 14.7 Å². The Morgan fingerprint density at radius 1 is 1.21 bits per heavy atom. The fourth-order valence-corrected chi connectivity index (χ4v) is 3.27. The third kappa shape index (κ3) is 2.72. The topological polar surface area (TPSA) is 57.6 Å². The highest BCUT2D eigenvalue weighted by atomic mass is 35.5. The largest absolute Gasteiger partial charge is 0.375 e. The molecule has 0 radical (unpaired) electrons. The van der Waals surface area contributed by atoms with E-state index in [0.717, 1.165) is 6.42 Å². The Morgan fingerprint density at radius 3 is 2.58 bits per heavy atom. The van der Waals surface area contributed by atoms with Crippen molar-refractivity contribution in [3.8, 4) is 0 Å². The van der Waals surface area contributed by atoms with Crippen molar-refractivity contribution in [3.63, 3.8) is 0 Å². The fraction of sp³-hybridized carbons (Fsp3) is 0.263. The summed E-state index contributed by atoms with van der Waals surface area (Å²) in [4.78, 5) is 26.9. The van der Waals surface area contributed by atoms with Crippen LogP contribution < -0.4 is 4.90 Å². The van der Waals surface area contributed by atoms with Crippen LogP contribution in [0.2, 0.25) is 5.02 Å². The van der Waals surface area contributed by atoms with Crippen LogP contribution in [0.15, 0.2) is 48.5 Å². The van der Waals surface area contributed by atoms with E-state index in [2.05, 4.69) is 0 Å². The van der Waals surface area contributed by atoms with E-state index < -0.39 is 11.5 Å². The third-order valence-corrected chi connectivity index (χ3v) is 4.49. The lowest BCUT2D eigenvalue weighted by Gasteiger charge is -2.22. The number of rotatable bonds is 5. The van der Waals surface area contributed by atoms with Gasteiger partial charge in [-0.1, -0.05) is 48.9 Å². The number of benzene rings is 2. The van der Waals surface area contributed by atoms with Crippen molar-refractivity contribution in [3.05, 3.63) is 64.7 Å². The molecule has 1 N–H and O–H groups in total. The van der Waals surface area contributed by atoms with Gasteiger partial charge in [0, 0.05) is 22.7 Å². The highest BCUT2D eigenvalue weighted by Crippen LogP contribution is 2.44.